The highest BCUT2D eigenvalue weighted by molar-refractivity contribution is 7.90. The van der Waals surface area contributed by atoms with E-state index in [2.05, 4.69) is 21.2 Å². The molecular weight excluding hydrogens is 428 g/mol. The molecule has 0 spiro atoms. The Bertz CT molecular complexity index is 1150. The number of carbonyl (C=O) groups excluding carboxylic acids is 1. The minimum atomic E-state index is -4.12. The number of carbonyl (C=O) groups is 1. The first-order chi connectivity index (χ1) is 15.3. The fraction of sp³-hybridized carbons (Fsp3) is 0.565. The molecule has 1 aromatic heterocycles. The van der Waals surface area contributed by atoms with Gasteiger partial charge in [-0.05, 0) is 73.6 Å². The Hall–Kier alpha value is -2.39. The Labute approximate surface area is 188 Å². The Morgan fingerprint density at radius 1 is 1.03 bits per heavy atom. The van der Waals surface area contributed by atoms with E-state index in [1.54, 1.807) is 18.8 Å². The molecule has 0 unspecified atom stereocenters. The molecule has 0 saturated heterocycles. The van der Waals surface area contributed by atoms with Gasteiger partial charge < -0.3 is 10.1 Å². The molecule has 9 heteroatoms. The summed E-state index contributed by atoms with van der Waals surface area (Å²) in [7, 11) is -0.763. The summed E-state index contributed by atoms with van der Waals surface area (Å²) >= 11 is 0. The van der Waals surface area contributed by atoms with Crippen LogP contribution >= 0.6 is 0 Å². The molecule has 0 radical (unpaired) electrons. The summed E-state index contributed by atoms with van der Waals surface area (Å²) in [6.45, 7) is 0. The van der Waals surface area contributed by atoms with Crippen molar-refractivity contribution in [2.75, 3.05) is 12.4 Å². The Morgan fingerprint density at radius 3 is 2.25 bits per heavy atom. The van der Waals surface area contributed by atoms with Crippen molar-refractivity contribution in [3.8, 4) is 0 Å². The van der Waals surface area contributed by atoms with Gasteiger partial charge in [0.2, 0.25) is 0 Å². The quantitative estimate of drug-likeness (QED) is 0.716. The molecule has 2 N–H and O–H groups in total. The Morgan fingerprint density at radius 2 is 1.66 bits per heavy atom. The summed E-state index contributed by atoms with van der Waals surface area (Å²) in [6, 6.07) is 3.06. The number of nitrogens with zero attached hydrogens (tertiary/aromatic N) is 2. The molecule has 8 nitrogen and oxygen atoms in total. The van der Waals surface area contributed by atoms with Crippen LogP contribution in [0.5, 0.6) is 0 Å². The van der Waals surface area contributed by atoms with Gasteiger partial charge >= 0.3 is 6.03 Å². The number of urea groups is 1. The second-order valence-electron chi connectivity index (χ2n) is 9.19. The number of nitrogens with one attached hydrogen (secondary N) is 2. The molecule has 3 aliphatic rings. The summed E-state index contributed by atoms with van der Waals surface area (Å²) in [5, 5.41) is 6.91. The highest BCUT2D eigenvalue weighted by atomic mass is 32.2. The maximum absolute atomic E-state index is 13.0. The highest BCUT2D eigenvalue weighted by Gasteiger charge is 2.39. The number of aryl methyl sites for hydroxylation is 3. The van der Waals surface area contributed by atoms with E-state index in [9.17, 15) is 13.2 Å². The fourth-order valence-corrected chi connectivity index (χ4v) is 6.69. The normalized spacial score (nSPS) is 19.1. The van der Waals surface area contributed by atoms with E-state index >= 15 is 0 Å². The van der Waals surface area contributed by atoms with Crippen molar-refractivity contribution in [3.05, 3.63) is 40.1 Å². The lowest BCUT2D eigenvalue weighted by molar-refractivity contribution is -0.0153. The molecule has 1 aromatic carbocycles. The van der Waals surface area contributed by atoms with Crippen LogP contribution < -0.4 is 10.0 Å². The van der Waals surface area contributed by atoms with E-state index in [0.717, 1.165) is 86.7 Å². The standard InChI is InChI=1S/C23H30N4O4S/c1-27-19(23(31-2)11-3-4-12-23)14-20(25-27)32(29,30)26-22(28)24-21-17-9-5-7-15(17)13-16-8-6-10-18(16)21/h13-14H,3-12H2,1-2H3,(H2,24,26,28). The first-order valence-corrected chi connectivity index (χ1v) is 12.9. The van der Waals surface area contributed by atoms with Crippen molar-refractivity contribution < 1.29 is 17.9 Å². The number of sulfonamides is 1. The topological polar surface area (TPSA) is 102 Å². The van der Waals surface area contributed by atoms with Gasteiger partial charge in [-0.25, -0.2) is 9.52 Å². The van der Waals surface area contributed by atoms with E-state index in [-0.39, 0.29) is 5.03 Å². The van der Waals surface area contributed by atoms with Crippen molar-refractivity contribution in [2.24, 2.45) is 7.05 Å². The molecular formula is C23H30N4O4S. The summed E-state index contributed by atoms with van der Waals surface area (Å²) in [4.78, 5) is 12.8. The number of amides is 2. The van der Waals surface area contributed by atoms with Gasteiger partial charge in [0.05, 0.1) is 5.69 Å². The van der Waals surface area contributed by atoms with Gasteiger partial charge in [0.25, 0.3) is 10.0 Å². The van der Waals surface area contributed by atoms with Crippen molar-refractivity contribution in [2.45, 2.75) is 74.8 Å². The zero-order valence-corrected chi connectivity index (χ0v) is 19.5. The minimum Gasteiger partial charge on any atom is -0.372 e. The monoisotopic (exact) mass is 458 g/mol. The van der Waals surface area contributed by atoms with Crippen LogP contribution in [0.15, 0.2) is 17.2 Å². The average Bonchev–Trinajstić information content (AvgIpc) is 3.53. The van der Waals surface area contributed by atoms with Crippen LogP contribution in [0.2, 0.25) is 0 Å². The van der Waals surface area contributed by atoms with Gasteiger partial charge in [0, 0.05) is 25.9 Å². The molecule has 0 bridgehead atoms. The van der Waals surface area contributed by atoms with Crippen LogP contribution in [0.4, 0.5) is 10.5 Å². The average molecular weight is 459 g/mol. The van der Waals surface area contributed by atoms with Crippen LogP contribution in [0.25, 0.3) is 0 Å². The third-order valence-corrected chi connectivity index (χ3v) is 8.54. The van der Waals surface area contributed by atoms with E-state index < -0.39 is 21.7 Å². The number of fused-ring (bicyclic) bond motifs is 2. The number of hydrogen-bond donors (Lipinski definition) is 2. The highest BCUT2D eigenvalue weighted by Crippen LogP contribution is 2.42. The summed E-state index contributed by atoms with van der Waals surface area (Å²) < 4.78 is 35.5. The maximum atomic E-state index is 13.0. The molecule has 1 heterocycles. The maximum Gasteiger partial charge on any atom is 0.333 e. The third-order valence-electron chi connectivity index (χ3n) is 7.34. The molecule has 172 valence electrons. The lowest BCUT2D eigenvalue weighted by Gasteiger charge is -2.27. The second kappa shape index (κ2) is 7.88. The zero-order valence-electron chi connectivity index (χ0n) is 18.7. The van der Waals surface area contributed by atoms with Crippen molar-refractivity contribution in [1.82, 2.24) is 14.5 Å². The van der Waals surface area contributed by atoms with Crippen LogP contribution in [0.3, 0.4) is 0 Å². The number of hydrogen-bond acceptors (Lipinski definition) is 5. The van der Waals surface area contributed by atoms with E-state index in [1.165, 1.54) is 17.2 Å². The van der Waals surface area contributed by atoms with Gasteiger partial charge in [-0.3, -0.25) is 4.68 Å². The SMILES string of the molecule is COC1(c2cc(S(=O)(=O)NC(=O)Nc3c4c(cc5c3CCC5)CCC4)nn2C)CCCC1. The molecule has 2 aromatic rings. The number of rotatable bonds is 5. The molecule has 1 fully saturated rings. The number of aromatic nitrogens is 2. The number of anilines is 1. The Kier molecular flexibility index (Phi) is 5.28. The fourth-order valence-electron chi connectivity index (χ4n) is 5.79. The number of ether oxygens (including phenoxy) is 1. The third kappa shape index (κ3) is 3.51. The van der Waals surface area contributed by atoms with Crippen LogP contribution in [0, 0.1) is 0 Å². The predicted octanol–water partition coefficient (Wildman–Crippen LogP) is 3.32. The number of methoxy groups -OCH3 is 1. The van der Waals surface area contributed by atoms with Crippen molar-refractivity contribution in [1.29, 1.82) is 0 Å². The Balaban J connectivity index is 1.39. The molecule has 5 rings (SSSR count). The minimum absolute atomic E-state index is 0.169. The lowest BCUT2D eigenvalue weighted by Crippen LogP contribution is -2.35. The molecule has 32 heavy (non-hydrogen) atoms. The van der Waals surface area contributed by atoms with E-state index in [4.69, 9.17) is 4.74 Å². The summed E-state index contributed by atoms with van der Waals surface area (Å²) in [5.41, 5.74) is 5.87. The molecule has 0 aliphatic heterocycles. The second-order valence-corrected chi connectivity index (χ2v) is 10.8. The molecule has 0 atom stereocenters. The van der Waals surface area contributed by atoms with Crippen molar-refractivity contribution in [3.63, 3.8) is 0 Å². The molecule has 2 amide bonds. The van der Waals surface area contributed by atoms with Crippen molar-refractivity contribution >= 4 is 21.7 Å². The van der Waals surface area contributed by atoms with Gasteiger partial charge in [0.1, 0.15) is 5.60 Å². The molecule has 1 saturated carbocycles. The number of benzene rings is 1. The first kappa shape index (κ1) is 21.5. The van der Waals surface area contributed by atoms with E-state index in [1.807, 2.05) is 0 Å². The predicted molar refractivity (Wildman–Crippen MR) is 120 cm³/mol. The summed E-state index contributed by atoms with van der Waals surface area (Å²) in [6.07, 6.45) is 9.64. The smallest absolute Gasteiger partial charge is 0.333 e. The van der Waals surface area contributed by atoms with Gasteiger partial charge in [-0.2, -0.15) is 13.5 Å². The summed E-state index contributed by atoms with van der Waals surface area (Å²) in [5.74, 6) is 0. The van der Waals surface area contributed by atoms with Crippen LogP contribution in [-0.2, 0) is 53.1 Å². The molecule has 3 aliphatic carbocycles. The van der Waals surface area contributed by atoms with Crippen LogP contribution in [-0.4, -0.2) is 31.3 Å². The van der Waals surface area contributed by atoms with Gasteiger partial charge in [-0.15, -0.1) is 0 Å². The largest absolute Gasteiger partial charge is 0.372 e. The zero-order chi connectivity index (χ0) is 22.5. The van der Waals surface area contributed by atoms with E-state index in [0.29, 0.717) is 0 Å². The lowest BCUT2D eigenvalue weighted by atomic mass is 9.97. The van der Waals surface area contributed by atoms with Crippen LogP contribution in [0.1, 0.15) is 66.5 Å². The van der Waals surface area contributed by atoms with Gasteiger partial charge in [0.15, 0.2) is 5.03 Å². The van der Waals surface area contributed by atoms with Gasteiger partial charge in [-0.1, -0.05) is 18.9 Å². The first-order valence-electron chi connectivity index (χ1n) is 11.4.